The van der Waals surface area contributed by atoms with Crippen molar-refractivity contribution in [3.63, 3.8) is 0 Å². The quantitative estimate of drug-likeness (QED) is 0.726. The first-order chi connectivity index (χ1) is 12.4. The zero-order valence-electron chi connectivity index (χ0n) is 14.5. The molecule has 0 unspecified atom stereocenters. The third-order valence-corrected chi connectivity index (χ3v) is 6.22. The number of hydrogen-bond donors (Lipinski definition) is 1. The number of amides is 1. The van der Waals surface area contributed by atoms with Gasteiger partial charge in [-0.15, -0.1) is 0 Å². The molecule has 1 heterocycles. The fraction of sp³-hybridized carbons (Fsp3) is 0.421. The zero-order valence-corrected chi connectivity index (χ0v) is 16.1. The lowest BCUT2D eigenvalue weighted by Crippen LogP contribution is -2.27. The summed E-state index contributed by atoms with van der Waals surface area (Å²) in [6, 6.07) is 10.9. The number of carbonyl (C=O) groups excluding carboxylic acids is 1. The second-order valence-electron chi connectivity index (χ2n) is 6.81. The Morgan fingerprint density at radius 3 is 2.54 bits per heavy atom. The molecule has 1 aromatic carbocycles. The van der Waals surface area contributed by atoms with Crippen molar-refractivity contribution < 1.29 is 13.2 Å². The molecule has 7 heteroatoms. The first-order valence-electron chi connectivity index (χ1n) is 8.90. The van der Waals surface area contributed by atoms with Gasteiger partial charge < -0.3 is 9.88 Å². The number of rotatable bonds is 7. The van der Waals surface area contributed by atoms with Crippen molar-refractivity contribution in [3.05, 3.63) is 53.9 Å². The monoisotopic (exact) mass is 394 g/mol. The van der Waals surface area contributed by atoms with Crippen molar-refractivity contribution >= 4 is 25.6 Å². The molecule has 2 aromatic rings. The highest BCUT2D eigenvalue weighted by molar-refractivity contribution is 8.13. The first kappa shape index (κ1) is 19.0. The van der Waals surface area contributed by atoms with Crippen molar-refractivity contribution in [1.82, 2.24) is 9.88 Å². The molecule has 1 fully saturated rings. The van der Waals surface area contributed by atoms with Gasteiger partial charge in [-0.3, -0.25) is 4.79 Å². The highest BCUT2D eigenvalue weighted by atomic mass is 35.7. The van der Waals surface area contributed by atoms with Crippen LogP contribution in [0.3, 0.4) is 0 Å². The van der Waals surface area contributed by atoms with E-state index in [2.05, 4.69) is 5.32 Å². The summed E-state index contributed by atoms with van der Waals surface area (Å²) >= 11 is 0. The van der Waals surface area contributed by atoms with Crippen LogP contribution in [0.1, 0.15) is 48.2 Å². The lowest BCUT2D eigenvalue weighted by Gasteiger charge is -2.12. The van der Waals surface area contributed by atoms with Gasteiger partial charge in [0.15, 0.2) is 0 Å². The Kier molecular flexibility index (Phi) is 6.04. The maximum atomic E-state index is 12.6. The Morgan fingerprint density at radius 1 is 1.19 bits per heavy atom. The molecule has 140 valence electrons. The summed E-state index contributed by atoms with van der Waals surface area (Å²) in [5.41, 5.74) is 1.28. The van der Waals surface area contributed by atoms with Crippen molar-refractivity contribution in [2.24, 2.45) is 5.92 Å². The van der Waals surface area contributed by atoms with Gasteiger partial charge in [0.05, 0.1) is 0 Å². The molecule has 1 saturated carbocycles. The second kappa shape index (κ2) is 8.27. The van der Waals surface area contributed by atoms with Crippen LogP contribution >= 0.6 is 10.7 Å². The molecule has 26 heavy (non-hydrogen) atoms. The number of nitrogens with one attached hydrogen (secondary N) is 1. The van der Waals surface area contributed by atoms with E-state index in [1.165, 1.54) is 37.9 Å². The minimum atomic E-state index is -3.89. The van der Waals surface area contributed by atoms with E-state index >= 15 is 0 Å². The Balaban J connectivity index is 1.74. The van der Waals surface area contributed by atoms with Gasteiger partial charge >= 0.3 is 0 Å². The summed E-state index contributed by atoms with van der Waals surface area (Å²) in [4.78, 5) is 12.5. The van der Waals surface area contributed by atoms with Gasteiger partial charge in [-0.25, -0.2) is 8.42 Å². The summed E-state index contributed by atoms with van der Waals surface area (Å²) in [6.45, 7) is 1.00. The maximum Gasteiger partial charge on any atom is 0.267 e. The Bertz CT molecular complexity index is 856. The summed E-state index contributed by atoms with van der Waals surface area (Å²) in [5.74, 6) is 0.413. The van der Waals surface area contributed by atoms with E-state index in [1.807, 2.05) is 30.3 Å². The predicted octanol–water partition coefficient (Wildman–Crippen LogP) is 3.77. The molecular formula is C19H23ClN2O3S. The Hall–Kier alpha value is -1.79. The molecule has 0 spiro atoms. The number of benzene rings is 1. The van der Waals surface area contributed by atoms with E-state index in [4.69, 9.17) is 10.7 Å². The maximum absolute atomic E-state index is 12.6. The molecule has 5 nitrogen and oxygen atoms in total. The largest absolute Gasteiger partial charge is 0.351 e. The molecule has 1 aliphatic rings. The molecule has 1 amide bonds. The average Bonchev–Trinajstić information content (AvgIpc) is 3.25. The fourth-order valence-electron chi connectivity index (χ4n) is 3.50. The van der Waals surface area contributed by atoms with Gasteiger partial charge in [0, 0.05) is 30.0 Å². The first-order valence-corrected chi connectivity index (χ1v) is 11.2. The van der Waals surface area contributed by atoms with Crippen molar-refractivity contribution in [3.8, 4) is 0 Å². The minimum Gasteiger partial charge on any atom is -0.351 e. The van der Waals surface area contributed by atoms with E-state index in [0.717, 1.165) is 12.0 Å². The van der Waals surface area contributed by atoms with Gasteiger partial charge in [0.2, 0.25) is 0 Å². The summed E-state index contributed by atoms with van der Waals surface area (Å²) in [5, 5.41) is 2.92. The van der Waals surface area contributed by atoms with Gasteiger partial charge in [0.1, 0.15) is 10.6 Å². The molecule has 0 saturated heterocycles. The van der Waals surface area contributed by atoms with Crippen LogP contribution in [0.4, 0.5) is 0 Å². The Morgan fingerprint density at radius 2 is 1.88 bits per heavy atom. The molecule has 3 rings (SSSR count). The SMILES string of the molecule is O=C(NCCC1CCCC1)c1cc(S(=O)(=O)Cl)cn1Cc1ccccc1. The normalized spacial score (nSPS) is 15.3. The van der Waals surface area contributed by atoms with E-state index < -0.39 is 9.05 Å². The van der Waals surface area contributed by atoms with Gasteiger partial charge in [-0.1, -0.05) is 56.0 Å². The van der Waals surface area contributed by atoms with Gasteiger partial charge in [-0.05, 0) is 24.0 Å². The average molecular weight is 395 g/mol. The summed E-state index contributed by atoms with van der Waals surface area (Å²) in [6.07, 6.45) is 7.39. The smallest absolute Gasteiger partial charge is 0.267 e. The van der Waals surface area contributed by atoms with Crippen LogP contribution in [0, 0.1) is 5.92 Å². The minimum absolute atomic E-state index is 0.0592. The number of halogens is 1. The van der Waals surface area contributed by atoms with Crippen LogP contribution < -0.4 is 5.32 Å². The zero-order chi connectivity index (χ0) is 18.6. The van der Waals surface area contributed by atoms with E-state index in [9.17, 15) is 13.2 Å². The predicted molar refractivity (Wildman–Crippen MR) is 102 cm³/mol. The molecule has 1 N–H and O–H groups in total. The number of aromatic nitrogens is 1. The lowest BCUT2D eigenvalue weighted by atomic mass is 10.0. The third-order valence-electron chi connectivity index (χ3n) is 4.89. The van der Waals surface area contributed by atoms with Crippen LogP contribution in [0.5, 0.6) is 0 Å². The van der Waals surface area contributed by atoms with E-state index in [1.54, 1.807) is 4.57 Å². The fourth-order valence-corrected chi connectivity index (χ4v) is 4.26. The van der Waals surface area contributed by atoms with Crippen LogP contribution in [0.2, 0.25) is 0 Å². The van der Waals surface area contributed by atoms with Crippen molar-refractivity contribution in [2.75, 3.05) is 6.54 Å². The van der Waals surface area contributed by atoms with E-state index in [-0.39, 0.29) is 10.8 Å². The Labute approximate surface area is 158 Å². The van der Waals surface area contributed by atoms with Crippen LogP contribution in [-0.4, -0.2) is 25.4 Å². The van der Waals surface area contributed by atoms with Gasteiger partial charge in [-0.2, -0.15) is 0 Å². The van der Waals surface area contributed by atoms with Crippen LogP contribution in [0.25, 0.3) is 0 Å². The topological polar surface area (TPSA) is 68.2 Å². The summed E-state index contributed by atoms with van der Waals surface area (Å²) in [7, 11) is 1.58. The lowest BCUT2D eigenvalue weighted by molar-refractivity contribution is 0.0942. The van der Waals surface area contributed by atoms with Crippen LogP contribution in [-0.2, 0) is 15.6 Å². The highest BCUT2D eigenvalue weighted by Gasteiger charge is 2.21. The van der Waals surface area contributed by atoms with Crippen molar-refractivity contribution in [1.29, 1.82) is 0 Å². The molecule has 1 aliphatic carbocycles. The molecule has 0 radical (unpaired) electrons. The molecular weight excluding hydrogens is 372 g/mol. The standard InChI is InChI=1S/C19H23ClN2O3S/c20-26(24,25)17-12-18(19(23)21-11-10-15-6-4-5-7-15)22(14-17)13-16-8-2-1-3-9-16/h1-3,8-9,12,14-15H,4-7,10-11,13H2,(H,21,23). The highest BCUT2D eigenvalue weighted by Crippen LogP contribution is 2.27. The van der Waals surface area contributed by atoms with E-state index in [0.29, 0.717) is 24.7 Å². The summed E-state index contributed by atoms with van der Waals surface area (Å²) < 4.78 is 25.0. The number of nitrogens with zero attached hydrogens (tertiary/aromatic N) is 1. The number of carbonyl (C=O) groups is 1. The van der Waals surface area contributed by atoms with Crippen LogP contribution in [0.15, 0.2) is 47.5 Å². The van der Waals surface area contributed by atoms with Crippen molar-refractivity contribution in [2.45, 2.75) is 43.5 Å². The molecule has 1 aromatic heterocycles. The second-order valence-corrected chi connectivity index (χ2v) is 9.37. The van der Waals surface area contributed by atoms with Gasteiger partial charge in [0.25, 0.3) is 15.0 Å². The number of hydrogen-bond acceptors (Lipinski definition) is 3. The molecule has 0 atom stereocenters. The third kappa shape index (κ3) is 4.89. The molecule has 0 aliphatic heterocycles. The molecule has 0 bridgehead atoms.